The molecule has 0 aliphatic heterocycles. The highest BCUT2D eigenvalue weighted by molar-refractivity contribution is 7.99. The fraction of sp³-hybridized carbons (Fsp3) is 0.862. The lowest BCUT2D eigenvalue weighted by Gasteiger charge is -2.56. The van der Waals surface area contributed by atoms with Gasteiger partial charge in [-0.2, -0.15) is 11.8 Å². The molecule has 0 heterocycles. The van der Waals surface area contributed by atoms with Crippen molar-refractivity contribution in [3.05, 3.63) is 23.3 Å². The van der Waals surface area contributed by atoms with Gasteiger partial charge in [-0.3, -0.25) is 0 Å². The van der Waals surface area contributed by atoms with Crippen LogP contribution in [0.3, 0.4) is 0 Å². The van der Waals surface area contributed by atoms with Gasteiger partial charge >= 0.3 is 0 Å². The zero-order chi connectivity index (χ0) is 24.9. The third-order valence-corrected chi connectivity index (χ3v) is 12.1. The number of aliphatic hydroxyl groups excluding tert-OH is 3. The molecule has 4 aliphatic rings. The Morgan fingerprint density at radius 1 is 1.09 bits per heavy atom. The van der Waals surface area contributed by atoms with Crippen molar-refractivity contribution in [2.24, 2.45) is 28.6 Å². The van der Waals surface area contributed by atoms with Crippen molar-refractivity contribution >= 4 is 11.8 Å². The van der Waals surface area contributed by atoms with Crippen LogP contribution >= 0.6 is 11.8 Å². The van der Waals surface area contributed by atoms with Crippen LogP contribution in [0.25, 0.3) is 0 Å². The zero-order valence-corrected chi connectivity index (χ0v) is 22.8. The first-order valence-corrected chi connectivity index (χ1v) is 14.8. The van der Waals surface area contributed by atoms with Crippen molar-refractivity contribution in [1.82, 2.24) is 0 Å². The summed E-state index contributed by atoms with van der Waals surface area (Å²) in [4.78, 5) is 0. The Bertz CT molecular complexity index is 804. The summed E-state index contributed by atoms with van der Waals surface area (Å²) < 4.78 is 0. The number of allylic oxidation sites excluding steroid dienone is 3. The predicted octanol–water partition coefficient (Wildman–Crippen LogP) is 5.24. The van der Waals surface area contributed by atoms with Crippen LogP contribution in [-0.2, 0) is 0 Å². The van der Waals surface area contributed by atoms with E-state index in [1.54, 1.807) is 0 Å². The highest BCUT2D eigenvalue weighted by Crippen LogP contribution is 2.66. The molecule has 4 aliphatic carbocycles. The van der Waals surface area contributed by atoms with E-state index in [1.165, 1.54) is 11.1 Å². The molecule has 9 atom stereocenters. The molecule has 0 aromatic carbocycles. The summed E-state index contributed by atoms with van der Waals surface area (Å²) in [5.41, 5.74) is 1.90. The van der Waals surface area contributed by atoms with Gasteiger partial charge in [0, 0.05) is 23.0 Å². The molecule has 0 bridgehead atoms. The Balaban J connectivity index is 1.48. The predicted molar refractivity (Wildman–Crippen MR) is 141 cm³/mol. The van der Waals surface area contributed by atoms with E-state index in [0.717, 1.165) is 50.7 Å². The van der Waals surface area contributed by atoms with Gasteiger partial charge in [0.15, 0.2) is 0 Å². The van der Waals surface area contributed by atoms with E-state index in [4.69, 9.17) is 0 Å². The minimum absolute atomic E-state index is 0.0720. The van der Waals surface area contributed by atoms with Gasteiger partial charge in [0.25, 0.3) is 0 Å². The molecule has 4 N–H and O–H groups in total. The van der Waals surface area contributed by atoms with Crippen LogP contribution in [0.1, 0.15) is 92.4 Å². The molecule has 0 amide bonds. The summed E-state index contributed by atoms with van der Waals surface area (Å²) in [7, 11) is 0. The average molecular weight is 493 g/mol. The molecular weight excluding hydrogens is 444 g/mol. The van der Waals surface area contributed by atoms with Gasteiger partial charge in [-0.1, -0.05) is 57.9 Å². The maximum absolute atomic E-state index is 11.3. The third-order valence-electron chi connectivity index (χ3n) is 10.8. The molecule has 3 fully saturated rings. The summed E-state index contributed by atoms with van der Waals surface area (Å²) >= 11 is 1.97. The van der Waals surface area contributed by atoms with E-state index in [9.17, 15) is 20.4 Å². The number of aliphatic hydroxyl groups is 4. The van der Waals surface area contributed by atoms with Crippen molar-refractivity contribution in [2.45, 2.75) is 122 Å². The zero-order valence-electron chi connectivity index (χ0n) is 22.0. The van der Waals surface area contributed by atoms with Gasteiger partial charge in [0.05, 0.1) is 23.9 Å². The highest BCUT2D eigenvalue weighted by Gasteiger charge is 2.61. The molecule has 34 heavy (non-hydrogen) atoms. The lowest BCUT2D eigenvalue weighted by Crippen LogP contribution is -2.52. The smallest absolute Gasteiger partial charge is 0.0661 e. The Morgan fingerprint density at radius 2 is 1.79 bits per heavy atom. The van der Waals surface area contributed by atoms with E-state index in [2.05, 4.69) is 46.8 Å². The summed E-state index contributed by atoms with van der Waals surface area (Å²) in [6.07, 6.45) is 10.8. The number of fused-ring (bicyclic) bond motifs is 5. The van der Waals surface area contributed by atoms with E-state index in [-0.39, 0.29) is 22.9 Å². The Labute approximate surface area is 211 Å². The second kappa shape index (κ2) is 9.85. The molecule has 194 valence electrons. The Kier molecular flexibility index (Phi) is 7.74. The first kappa shape index (κ1) is 26.7. The van der Waals surface area contributed by atoms with Gasteiger partial charge in [0.2, 0.25) is 0 Å². The molecule has 0 spiro atoms. The van der Waals surface area contributed by atoms with Gasteiger partial charge in [0.1, 0.15) is 0 Å². The molecule has 0 saturated heterocycles. The second-order valence-corrected chi connectivity index (χ2v) is 13.8. The van der Waals surface area contributed by atoms with E-state index >= 15 is 0 Å². The Morgan fingerprint density at radius 3 is 2.47 bits per heavy atom. The first-order chi connectivity index (χ1) is 16.0. The molecule has 0 aromatic heterocycles. The van der Waals surface area contributed by atoms with Crippen LogP contribution < -0.4 is 0 Å². The van der Waals surface area contributed by atoms with Crippen LogP contribution in [0, 0.1) is 28.6 Å². The minimum atomic E-state index is -0.526. The van der Waals surface area contributed by atoms with Gasteiger partial charge in [-0.05, 0) is 74.4 Å². The molecule has 3 saturated carbocycles. The van der Waals surface area contributed by atoms with Crippen molar-refractivity contribution in [3.8, 4) is 0 Å². The summed E-state index contributed by atoms with van der Waals surface area (Å²) in [6.45, 7) is 11.1. The fourth-order valence-corrected chi connectivity index (χ4v) is 9.71. The largest absolute Gasteiger partial charge is 0.393 e. The SMILES string of the molecule is CCC(O)(CC)CCCSC(C)[C@H]1[C@@H](O)C[C@H]2C3=CC=C4C[C@@H](O)C[C@H](O)[C@]4(C)[C@H]3CC[C@@]21C. The van der Waals surface area contributed by atoms with Crippen LogP contribution in [0.15, 0.2) is 23.3 Å². The van der Waals surface area contributed by atoms with Gasteiger partial charge < -0.3 is 20.4 Å². The van der Waals surface area contributed by atoms with Gasteiger partial charge in [-0.15, -0.1) is 0 Å². The van der Waals surface area contributed by atoms with E-state index in [1.807, 2.05) is 11.8 Å². The van der Waals surface area contributed by atoms with Crippen LogP contribution in [0.5, 0.6) is 0 Å². The second-order valence-electron chi connectivity index (χ2n) is 12.3. The molecule has 5 heteroatoms. The molecule has 1 unspecified atom stereocenters. The summed E-state index contributed by atoms with van der Waals surface area (Å²) in [5, 5.41) is 43.6. The molecule has 4 nitrogen and oxygen atoms in total. The Hall–Kier alpha value is -0.330. The molecule has 4 rings (SSSR count). The lowest BCUT2D eigenvalue weighted by atomic mass is 9.49. The van der Waals surface area contributed by atoms with Crippen molar-refractivity contribution in [1.29, 1.82) is 0 Å². The summed E-state index contributed by atoms with van der Waals surface area (Å²) in [6, 6.07) is 0. The van der Waals surface area contributed by atoms with Crippen LogP contribution in [0.4, 0.5) is 0 Å². The first-order valence-electron chi connectivity index (χ1n) is 13.8. The molecular formula is C29H48O4S. The summed E-state index contributed by atoms with van der Waals surface area (Å²) in [5.74, 6) is 1.95. The maximum atomic E-state index is 11.3. The van der Waals surface area contributed by atoms with E-state index in [0.29, 0.717) is 29.9 Å². The number of rotatable bonds is 8. The minimum Gasteiger partial charge on any atom is -0.393 e. The topological polar surface area (TPSA) is 80.9 Å². The van der Waals surface area contributed by atoms with Gasteiger partial charge in [-0.25, -0.2) is 0 Å². The third kappa shape index (κ3) is 4.36. The monoisotopic (exact) mass is 492 g/mol. The highest BCUT2D eigenvalue weighted by atomic mass is 32.2. The van der Waals surface area contributed by atoms with Crippen LogP contribution in [0.2, 0.25) is 0 Å². The lowest BCUT2D eigenvalue weighted by molar-refractivity contribution is -0.0534. The van der Waals surface area contributed by atoms with Crippen molar-refractivity contribution in [2.75, 3.05) is 5.75 Å². The number of hydrogen-bond acceptors (Lipinski definition) is 5. The normalized spacial score (nSPS) is 42.9. The average Bonchev–Trinajstić information content (AvgIpc) is 3.07. The van der Waals surface area contributed by atoms with E-state index < -0.39 is 17.8 Å². The molecule has 0 aromatic rings. The number of hydrogen-bond donors (Lipinski definition) is 4. The van der Waals surface area contributed by atoms with Crippen LogP contribution in [-0.4, -0.2) is 55.3 Å². The standard InChI is InChI=1S/C29H48O4S/c1-6-29(33,7-2)12-8-14-34-18(3)26-24(31)17-23-21-10-9-19-15-20(30)16-25(32)28(19,5)22(21)11-13-27(23,26)4/h9-10,18,20,22-26,30-33H,6-8,11-17H2,1-5H3/t18?,20-,22+,23+,24+,25+,26+,27+,28+/m1/s1. The van der Waals surface area contributed by atoms with Crippen molar-refractivity contribution in [3.63, 3.8) is 0 Å². The maximum Gasteiger partial charge on any atom is 0.0661 e. The fourth-order valence-electron chi connectivity index (χ4n) is 8.33. The quantitative estimate of drug-likeness (QED) is 0.348. The van der Waals surface area contributed by atoms with Crippen molar-refractivity contribution < 1.29 is 20.4 Å². The number of thioether (sulfide) groups is 1. The molecule has 0 radical (unpaired) electrons.